The van der Waals surface area contributed by atoms with Gasteiger partial charge in [-0.3, -0.25) is 9.55 Å². The van der Waals surface area contributed by atoms with Crippen molar-refractivity contribution >= 4 is 43.4 Å². The molecule has 0 fully saturated rings. The number of hydrogen-bond donors (Lipinski definition) is 1. The van der Waals surface area contributed by atoms with Crippen molar-refractivity contribution in [2.24, 2.45) is 0 Å². The van der Waals surface area contributed by atoms with Gasteiger partial charge in [-0.1, -0.05) is 204 Å². The summed E-state index contributed by atoms with van der Waals surface area (Å²) in [5, 5.41) is 20.2. The molecule has 2 heterocycles. The van der Waals surface area contributed by atoms with Gasteiger partial charge in [-0.05, 0) is 148 Å². The number of fused-ring (bicyclic) bond motifs is 7. The third kappa shape index (κ3) is 8.64. The average Bonchev–Trinajstić information content (AvgIpc) is 3.78. The number of para-hydroxylation sites is 1. The predicted octanol–water partition coefficient (Wildman–Crippen LogP) is 19.1. The van der Waals surface area contributed by atoms with Crippen molar-refractivity contribution in [2.75, 3.05) is 0 Å². The molecule has 11 rings (SSSR count). The molecule has 4 heteroatoms. The monoisotopic (exact) mass is 966 g/mol. The topological polar surface area (TPSA) is 50.9 Å². The molecule has 9 aromatic carbocycles. The number of aromatic nitrogens is 3. The van der Waals surface area contributed by atoms with E-state index in [0.717, 1.165) is 72.5 Å². The number of nitrogens with zero attached hydrogens (tertiary/aromatic N) is 3. The maximum Gasteiger partial charge on any atom is 0.149 e. The van der Waals surface area contributed by atoms with Crippen molar-refractivity contribution in [2.45, 2.75) is 105 Å². The van der Waals surface area contributed by atoms with E-state index in [1.807, 2.05) is 6.20 Å². The smallest absolute Gasteiger partial charge is 0.149 e. The minimum absolute atomic E-state index is 0.0835. The molecule has 0 aliphatic rings. The molecule has 74 heavy (non-hydrogen) atoms. The number of phenols is 1. The van der Waals surface area contributed by atoms with E-state index >= 15 is 0 Å². The van der Waals surface area contributed by atoms with Gasteiger partial charge in [0, 0.05) is 28.5 Å². The molecule has 0 aliphatic carbocycles. The Bertz CT molecular complexity index is 3960. The molecule has 1 N–H and O–H groups in total. The van der Waals surface area contributed by atoms with Crippen LogP contribution in [0.15, 0.2) is 182 Å². The van der Waals surface area contributed by atoms with Crippen molar-refractivity contribution in [3.63, 3.8) is 0 Å². The van der Waals surface area contributed by atoms with Gasteiger partial charge in [0.15, 0.2) is 0 Å². The molecule has 0 saturated heterocycles. The number of imidazole rings is 1. The van der Waals surface area contributed by atoms with Gasteiger partial charge in [0.2, 0.25) is 0 Å². The normalized spacial score (nSPS) is 12.6. The summed E-state index contributed by atoms with van der Waals surface area (Å²) in [6, 6.07) is 64.2. The fraction of sp³-hybridized carbons (Fsp3) is 0.229. The highest BCUT2D eigenvalue weighted by Gasteiger charge is 2.30. The number of pyridine rings is 1. The first-order valence-corrected chi connectivity index (χ1v) is 26.2. The van der Waals surface area contributed by atoms with Gasteiger partial charge in [-0.15, -0.1) is 0 Å². The van der Waals surface area contributed by atoms with E-state index < -0.39 is 0 Å². The Labute approximate surface area is 437 Å². The molecule has 368 valence electrons. The fourth-order valence-corrected chi connectivity index (χ4v) is 10.8. The second kappa shape index (κ2) is 17.7. The van der Waals surface area contributed by atoms with Crippen molar-refractivity contribution in [1.82, 2.24) is 14.5 Å². The fourth-order valence-electron chi connectivity index (χ4n) is 10.8. The summed E-state index contributed by atoms with van der Waals surface area (Å²) in [5.74, 6) is 0.951. The Morgan fingerprint density at radius 2 is 0.946 bits per heavy atom. The zero-order chi connectivity index (χ0) is 52.1. The standard InChI is InChI=1S/C70H67N3O/c1-67(2,3)48-30-32-62(57(40-48)43-21-14-13-15-22-43)73-63-28-20-27-51(64(63)72-66(73)59-41-50(69(7,8)9)42-60(65(59)74)70(10,11)12)46-35-47(37-49(36-46)68(4,5)6)61-39-45(33-34-71-61)44-29-31-56-54-25-17-16-23-52(54)53-24-18-19-26-55(53)58(56)38-44/h13-42,74H,1-12H3. The highest BCUT2D eigenvalue weighted by Crippen LogP contribution is 2.47. The van der Waals surface area contributed by atoms with E-state index in [9.17, 15) is 5.11 Å². The molecule has 2 aromatic heterocycles. The van der Waals surface area contributed by atoms with E-state index in [-0.39, 0.29) is 27.4 Å². The molecule has 0 bridgehead atoms. The third-order valence-electron chi connectivity index (χ3n) is 15.1. The second-order valence-electron chi connectivity index (χ2n) is 24.5. The molecule has 11 aromatic rings. The van der Waals surface area contributed by atoms with Crippen LogP contribution in [0.5, 0.6) is 5.75 Å². The molecule has 0 amide bonds. The van der Waals surface area contributed by atoms with Crippen molar-refractivity contribution < 1.29 is 5.11 Å². The number of aromatic hydroxyl groups is 1. The van der Waals surface area contributed by atoms with Crippen LogP contribution < -0.4 is 0 Å². The van der Waals surface area contributed by atoms with Gasteiger partial charge >= 0.3 is 0 Å². The summed E-state index contributed by atoms with van der Waals surface area (Å²) in [5.41, 5.74) is 15.7. The molecular weight excluding hydrogens is 899 g/mol. The molecule has 0 unspecified atom stereocenters. The van der Waals surface area contributed by atoms with Gasteiger partial charge < -0.3 is 5.11 Å². The van der Waals surface area contributed by atoms with E-state index in [2.05, 4.69) is 264 Å². The first-order valence-electron chi connectivity index (χ1n) is 26.2. The maximum absolute atomic E-state index is 12.7. The lowest BCUT2D eigenvalue weighted by Crippen LogP contribution is -2.17. The first kappa shape index (κ1) is 48.4. The minimum Gasteiger partial charge on any atom is -0.507 e. The van der Waals surface area contributed by atoms with E-state index in [0.29, 0.717) is 11.4 Å². The van der Waals surface area contributed by atoms with Crippen LogP contribution in [-0.4, -0.2) is 19.6 Å². The lowest BCUT2D eigenvalue weighted by molar-refractivity contribution is 0.446. The maximum atomic E-state index is 12.7. The summed E-state index contributed by atoms with van der Waals surface area (Å²) < 4.78 is 2.30. The lowest BCUT2D eigenvalue weighted by atomic mass is 9.79. The van der Waals surface area contributed by atoms with Crippen LogP contribution in [0, 0.1) is 0 Å². The van der Waals surface area contributed by atoms with Gasteiger partial charge in [0.1, 0.15) is 11.6 Å². The number of rotatable bonds is 6. The van der Waals surface area contributed by atoms with Crippen LogP contribution >= 0.6 is 0 Å². The second-order valence-corrected chi connectivity index (χ2v) is 24.5. The summed E-state index contributed by atoms with van der Waals surface area (Å²) in [7, 11) is 0. The Morgan fingerprint density at radius 1 is 0.378 bits per heavy atom. The Morgan fingerprint density at radius 3 is 1.58 bits per heavy atom. The zero-order valence-corrected chi connectivity index (χ0v) is 45.1. The summed E-state index contributed by atoms with van der Waals surface area (Å²) >= 11 is 0. The lowest BCUT2D eigenvalue weighted by Gasteiger charge is -2.28. The quantitative estimate of drug-likeness (QED) is 0.169. The highest BCUT2D eigenvalue weighted by molar-refractivity contribution is 6.25. The molecule has 0 spiro atoms. The van der Waals surface area contributed by atoms with Gasteiger partial charge in [-0.25, -0.2) is 4.98 Å². The first-order chi connectivity index (χ1) is 35.1. The summed E-state index contributed by atoms with van der Waals surface area (Å²) in [6.45, 7) is 26.9. The Hall–Kier alpha value is -7.82. The zero-order valence-electron chi connectivity index (χ0n) is 45.1. The summed E-state index contributed by atoms with van der Waals surface area (Å²) in [6.07, 6.45) is 1.95. The number of benzene rings is 9. The van der Waals surface area contributed by atoms with Crippen molar-refractivity contribution in [3.8, 4) is 67.5 Å². The molecule has 0 saturated carbocycles. The highest BCUT2D eigenvalue weighted by atomic mass is 16.3. The average molecular weight is 966 g/mol. The van der Waals surface area contributed by atoms with Crippen LogP contribution in [0.2, 0.25) is 0 Å². The van der Waals surface area contributed by atoms with E-state index in [1.165, 1.54) is 43.4 Å². The number of phenolic OH excluding ortho intramolecular Hbond substituents is 1. The van der Waals surface area contributed by atoms with Crippen molar-refractivity contribution in [1.29, 1.82) is 0 Å². The van der Waals surface area contributed by atoms with Crippen LogP contribution in [0.3, 0.4) is 0 Å². The van der Waals surface area contributed by atoms with Crippen LogP contribution in [0.25, 0.3) is 105 Å². The van der Waals surface area contributed by atoms with Gasteiger partial charge in [0.05, 0.1) is 28.0 Å². The molecule has 0 atom stereocenters. The van der Waals surface area contributed by atoms with Crippen LogP contribution in [0.4, 0.5) is 0 Å². The largest absolute Gasteiger partial charge is 0.507 e. The van der Waals surface area contributed by atoms with Crippen LogP contribution in [-0.2, 0) is 21.7 Å². The van der Waals surface area contributed by atoms with Crippen molar-refractivity contribution in [3.05, 3.63) is 204 Å². The third-order valence-corrected chi connectivity index (χ3v) is 15.1. The number of hydrogen-bond acceptors (Lipinski definition) is 3. The Balaban J connectivity index is 1.14. The summed E-state index contributed by atoms with van der Waals surface area (Å²) in [4.78, 5) is 10.8. The SMILES string of the molecule is CC(C)(C)c1cc(-c2cc(-c3ccc4c5ccccc5c5ccccc5c4c3)ccn2)cc(-c2cccc3c2nc(-c2cc(C(C)(C)C)cc(C(C)(C)C)c2O)n3-c2ccc(C(C)(C)C)cc2-c2ccccc2)c1. The molecular formula is C70H67N3O. The van der Waals surface area contributed by atoms with E-state index in [4.69, 9.17) is 9.97 Å². The minimum atomic E-state index is -0.335. The van der Waals surface area contributed by atoms with Gasteiger partial charge in [0.25, 0.3) is 0 Å². The molecule has 4 nitrogen and oxygen atoms in total. The van der Waals surface area contributed by atoms with Gasteiger partial charge in [-0.2, -0.15) is 0 Å². The Kier molecular flexibility index (Phi) is 11.6. The molecule has 0 radical (unpaired) electrons. The molecule has 0 aliphatic heterocycles. The van der Waals surface area contributed by atoms with E-state index in [1.54, 1.807) is 0 Å². The predicted molar refractivity (Wildman–Crippen MR) is 315 cm³/mol. The van der Waals surface area contributed by atoms with Crippen LogP contribution in [0.1, 0.15) is 105 Å².